The summed E-state index contributed by atoms with van der Waals surface area (Å²) in [5.74, 6) is 2.17. The maximum absolute atomic E-state index is 12.9. The third-order valence-corrected chi connectivity index (χ3v) is 4.11. The van der Waals surface area contributed by atoms with E-state index in [9.17, 15) is 4.39 Å². The molecule has 1 aliphatic rings. The first-order valence-electron chi connectivity index (χ1n) is 7.77. The van der Waals surface area contributed by atoms with Gasteiger partial charge in [-0.25, -0.2) is 9.37 Å². The molecular formula is C17H21FN4. The van der Waals surface area contributed by atoms with Crippen molar-refractivity contribution >= 4 is 11.8 Å². The van der Waals surface area contributed by atoms with Crippen LogP contribution in [0.4, 0.5) is 16.2 Å². The summed E-state index contributed by atoms with van der Waals surface area (Å²) >= 11 is 0. The highest BCUT2D eigenvalue weighted by molar-refractivity contribution is 5.43. The number of hydrogen-bond donors (Lipinski definition) is 1. The van der Waals surface area contributed by atoms with E-state index in [1.54, 1.807) is 18.3 Å². The lowest BCUT2D eigenvalue weighted by Gasteiger charge is -2.31. The number of anilines is 2. The minimum atomic E-state index is -0.221. The molecule has 0 amide bonds. The summed E-state index contributed by atoms with van der Waals surface area (Å²) in [4.78, 5) is 11.2. The molecule has 4 nitrogen and oxygen atoms in total. The van der Waals surface area contributed by atoms with Gasteiger partial charge in [0.15, 0.2) is 0 Å². The van der Waals surface area contributed by atoms with E-state index in [1.165, 1.54) is 25.0 Å². The summed E-state index contributed by atoms with van der Waals surface area (Å²) in [6.07, 6.45) is 4.21. The molecule has 0 aliphatic carbocycles. The highest BCUT2D eigenvalue weighted by Gasteiger charge is 2.17. The summed E-state index contributed by atoms with van der Waals surface area (Å²) in [5.41, 5.74) is 1.00. The van der Waals surface area contributed by atoms with E-state index in [-0.39, 0.29) is 5.82 Å². The van der Waals surface area contributed by atoms with Crippen molar-refractivity contribution in [2.24, 2.45) is 5.92 Å². The second-order valence-electron chi connectivity index (χ2n) is 5.89. The third-order valence-electron chi connectivity index (χ3n) is 4.11. The van der Waals surface area contributed by atoms with Crippen LogP contribution in [0.1, 0.15) is 25.3 Å². The number of hydrogen-bond acceptors (Lipinski definition) is 4. The third kappa shape index (κ3) is 3.72. The van der Waals surface area contributed by atoms with Crippen LogP contribution in [0.3, 0.4) is 0 Å². The van der Waals surface area contributed by atoms with Crippen LogP contribution in [0.25, 0.3) is 0 Å². The first-order chi connectivity index (χ1) is 10.7. The summed E-state index contributed by atoms with van der Waals surface area (Å²) < 4.78 is 12.9. The van der Waals surface area contributed by atoms with Crippen LogP contribution < -0.4 is 10.2 Å². The van der Waals surface area contributed by atoms with Crippen molar-refractivity contribution < 1.29 is 4.39 Å². The Hall–Kier alpha value is -2.17. The first kappa shape index (κ1) is 14.8. The molecule has 1 aliphatic heterocycles. The second-order valence-corrected chi connectivity index (χ2v) is 5.89. The van der Waals surface area contributed by atoms with E-state index >= 15 is 0 Å². The summed E-state index contributed by atoms with van der Waals surface area (Å²) in [5, 5.41) is 3.20. The Bertz CT molecular complexity index is 606. The summed E-state index contributed by atoms with van der Waals surface area (Å²) in [6.45, 7) is 4.99. The topological polar surface area (TPSA) is 41.1 Å². The zero-order valence-electron chi connectivity index (χ0n) is 12.8. The zero-order valence-corrected chi connectivity index (χ0v) is 12.8. The van der Waals surface area contributed by atoms with Crippen LogP contribution in [0, 0.1) is 11.7 Å². The number of benzene rings is 1. The average molecular weight is 300 g/mol. The number of piperidine rings is 1. The number of nitrogens with one attached hydrogen (secondary N) is 1. The van der Waals surface area contributed by atoms with E-state index in [2.05, 4.69) is 27.1 Å². The molecule has 116 valence electrons. The Morgan fingerprint density at radius 1 is 1.18 bits per heavy atom. The molecule has 1 fully saturated rings. The Morgan fingerprint density at radius 3 is 2.64 bits per heavy atom. The van der Waals surface area contributed by atoms with Crippen LogP contribution in [0.5, 0.6) is 0 Å². The van der Waals surface area contributed by atoms with Crippen molar-refractivity contribution in [1.82, 2.24) is 9.97 Å². The monoisotopic (exact) mass is 300 g/mol. The number of nitrogens with zero attached hydrogens (tertiary/aromatic N) is 3. The molecular weight excluding hydrogens is 279 g/mol. The van der Waals surface area contributed by atoms with Gasteiger partial charge in [-0.05, 0) is 42.5 Å². The second kappa shape index (κ2) is 6.73. The van der Waals surface area contributed by atoms with E-state index in [0.29, 0.717) is 12.5 Å². The smallest absolute Gasteiger partial charge is 0.224 e. The fraction of sp³-hybridized carbons (Fsp3) is 0.412. The van der Waals surface area contributed by atoms with E-state index < -0.39 is 0 Å². The Balaban J connectivity index is 1.62. The Kier molecular flexibility index (Phi) is 4.51. The molecule has 0 spiro atoms. The molecule has 0 unspecified atom stereocenters. The molecule has 1 aromatic carbocycles. The van der Waals surface area contributed by atoms with Crippen LogP contribution in [0.2, 0.25) is 0 Å². The summed E-state index contributed by atoms with van der Waals surface area (Å²) in [7, 11) is 0. The molecule has 22 heavy (non-hydrogen) atoms. The highest BCUT2D eigenvalue weighted by Crippen LogP contribution is 2.21. The molecule has 0 atom stereocenters. The molecule has 1 saturated heterocycles. The zero-order chi connectivity index (χ0) is 15.4. The van der Waals surface area contributed by atoms with Crippen molar-refractivity contribution in [2.75, 3.05) is 23.3 Å². The molecule has 0 bridgehead atoms. The van der Waals surface area contributed by atoms with E-state index in [1.807, 2.05) is 6.07 Å². The van der Waals surface area contributed by atoms with Gasteiger partial charge < -0.3 is 10.2 Å². The maximum Gasteiger partial charge on any atom is 0.224 e. The molecule has 0 radical (unpaired) electrons. The first-order valence-corrected chi connectivity index (χ1v) is 7.77. The Labute approximate surface area is 130 Å². The van der Waals surface area contributed by atoms with Gasteiger partial charge in [-0.2, -0.15) is 4.98 Å². The average Bonchev–Trinajstić information content (AvgIpc) is 2.55. The maximum atomic E-state index is 12.9. The number of rotatable bonds is 4. The van der Waals surface area contributed by atoms with Gasteiger partial charge >= 0.3 is 0 Å². The van der Waals surface area contributed by atoms with E-state index in [4.69, 9.17) is 0 Å². The molecule has 1 N–H and O–H groups in total. The Morgan fingerprint density at radius 2 is 1.91 bits per heavy atom. The quantitative estimate of drug-likeness (QED) is 0.939. The molecule has 1 aromatic heterocycles. The van der Waals surface area contributed by atoms with Crippen molar-refractivity contribution in [1.29, 1.82) is 0 Å². The molecule has 2 aromatic rings. The van der Waals surface area contributed by atoms with Crippen molar-refractivity contribution in [2.45, 2.75) is 26.3 Å². The van der Waals surface area contributed by atoms with Crippen LogP contribution in [-0.2, 0) is 6.54 Å². The van der Waals surface area contributed by atoms with Gasteiger partial charge in [0.25, 0.3) is 0 Å². The molecule has 3 rings (SSSR count). The van der Waals surface area contributed by atoms with Crippen LogP contribution >= 0.6 is 0 Å². The van der Waals surface area contributed by atoms with Gasteiger partial charge in [-0.3, -0.25) is 0 Å². The van der Waals surface area contributed by atoms with Gasteiger partial charge in [-0.15, -0.1) is 0 Å². The van der Waals surface area contributed by atoms with Gasteiger partial charge in [0.05, 0.1) is 0 Å². The lowest BCUT2D eigenvalue weighted by molar-refractivity contribution is 0.436. The molecule has 0 saturated carbocycles. The predicted octanol–water partition coefficient (Wildman–Crippen LogP) is 3.46. The van der Waals surface area contributed by atoms with Gasteiger partial charge in [0.1, 0.15) is 11.6 Å². The van der Waals surface area contributed by atoms with Gasteiger partial charge in [-0.1, -0.05) is 19.1 Å². The lowest BCUT2D eigenvalue weighted by Crippen LogP contribution is -2.33. The normalized spacial score (nSPS) is 15.8. The van der Waals surface area contributed by atoms with Crippen molar-refractivity contribution in [3.63, 3.8) is 0 Å². The lowest BCUT2D eigenvalue weighted by atomic mass is 9.99. The van der Waals surface area contributed by atoms with Gasteiger partial charge in [0.2, 0.25) is 5.95 Å². The standard InChI is InChI=1S/C17H21FN4/c1-13-7-10-22(11-8-13)16-6-9-19-17(21-16)20-12-14-2-4-15(18)5-3-14/h2-6,9,13H,7-8,10-12H2,1H3,(H,19,20,21). The van der Waals surface area contributed by atoms with Crippen molar-refractivity contribution in [3.05, 3.63) is 47.9 Å². The largest absolute Gasteiger partial charge is 0.356 e. The van der Waals surface area contributed by atoms with Crippen LogP contribution in [0.15, 0.2) is 36.5 Å². The SMILES string of the molecule is CC1CCN(c2ccnc(NCc3ccc(F)cc3)n2)CC1. The number of halogens is 1. The predicted molar refractivity (Wildman–Crippen MR) is 86.4 cm³/mol. The highest BCUT2D eigenvalue weighted by atomic mass is 19.1. The summed E-state index contributed by atoms with van der Waals surface area (Å²) in [6, 6.07) is 8.40. The minimum absolute atomic E-state index is 0.221. The van der Waals surface area contributed by atoms with E-state index in [0.717, 1.165) is 30.4 Å². The fourth-order valence-corrected chi connectivity index (χ4v) is 2.63. The molecule has 5 heteroatoms. The fourth-order valence-electron chi connectivity index (χ4n) is 2.63. The van der Waals surface area contributed by atoms with Crippen LogP contribution in [-0.4, -0.2) is 23.1 Å². The van der Waals surface area contributed by atoms with Gasteiger partial charge in [0, 0.05) is 25.8 Å². The minimum Gasteiger partial charge on any atom is -0.356 e. The van der Waals surface area contributed by atoms with Crippen molar-refractivity contribution in [3.8, 4) is 0 Å². The number of aromatic nitrogens is 2. The molecule has 2 heterocycles.